The van der Waals surface area contributed by atoms with Crippen LogP contribution in [-0.4, -0.2) is 17.4 Å². The van der Waals surface area contributed by atoms with Crippen molar-refractivity contribution in [3.63, 3.8) is 0 Å². The number of aryl methyl sites for hydroxylation is 1. The van der Waals surface area contributed by atoms with Gasteiger partial charge in [0.05, 0.1) is 18.2 Å². The number of carbonyl (C=O) groups is 1. The summed E-state index contributed by atoms with van der Waals surface area (Å²) >= 11 is 0. The lowest BCUT2D eigenvalue weighted by atomic mass is 9.93. The summed E-state index contributed by atoms with van der Waals surface area (Å²) in [5.74, 6) is 0.0611. The molecule has 2 aromatic rings. The molecule has 1 amide bonds. The van der Waals surface area contributed by atoms with E-state index in [-0.39, 0.29) is 11.8 Å². The number of benzene rings is 1. The number of hydrogen-bond donors (Lipinski definition) is 2. The van der Waals surface area contributed by atoms with E-state index in [1.807, 2.05) is 31.2 Å². The van der Waals surface area contributed by atoms with E-state index < -0.39 is 0 Å². The molecule has 4 heteroatoms. The minimum Gasteiger partial charge on any atom is -0.384 e. The number of aromatic nitrogens is 1. The number of fused-ring (bicyclic) bond motifs is 1. The van der Waals surface area contributed by atoms with Crippen LogP contribution in [0.15, 0.2) is 42.6 Å². The molecule has 0 spiro atoms. The summed E-state index contributed by atoms with van der Waals surface area (Å²) in [4.78, 5) is 16.6. The van der Waals surface area contributed by atoms with E-state index in [4.69, 9.17) is 0 Å². The largest absolute Gasteiger partial charge is 0.384 e. The predicted octanol–water partition coefficient (Wildman–Crippen LogP) is 2.29. The second-order valence-electron chi connectivity index (χ2n) is 5.42. The third-order valence-corrected chi connectivity index (χ3v) is 3.94. The van der Waals surface area contributed by atoms with E-state index in [1.165, 1.54) is 5.56 Å². The normalized spacial score (nSPS) is 16.7. The zero-order valence-electron chi connectivity index (χ0n) is 12.1. The Labute approximate surface area is 124 Å². The molecule has 0 radical (unpaired) electrons. The summed E-state index contributed by atoms with van der Waals surface area (Å²) in [6.45, 7) is 3.18. The zero-order valence-corrected chi connectivity index (χ0v) is 12.1. The Kier molecular flexibility index (Phi) is 3.86. The molecule has 0 aliphatic carbocycles. The average molecular weight is 281 g/mol. The van der Waals surface area contributed by atoms with Gasteiger partial charge in [-0.05, 0) is 36.6 Å². The number of amides is 1. The molecule has 2 heterocycles. The summed E-state index contributed by atoms with van der Waals surface area (Å²) in [7, 11) is 0. The number of anilines is 1. The number of nitrogens with one attached hydrogen (secondary N) is 2. The molecule has 1 unspecified atom stereocenters. The third-order valence-electron chi connectivity index (χ3n) is 3.94. The molecular weight excluding hydrogens is 262 g/mol. The molecule has 1 aliphatic heterocycles. The molecule has 1 atom stereocenters. The van der Waals surface area contributed by atoms with Gasteiger partial charge in [0.25, 0.3) is 0 Å². The Morgan fingerprint density at radius 1 is 1.33 bits per heavy atom. The number of para-hydroxylation sites is 1. The van der Waals surface area contributed by atoms with Crippen LogP contribution in [0.25, 0.3) is 0 Å². The van der Waals surface area contributed by atoms with Gasteiger partial charge in [0.2, 0.25) is 5.91 Å². The summed E-state index contributed by atoms with van der Waals surface area (Å²) in [5, 5.41) is 6.33. The monoisotopic (exact) mass is 281 g/mol. The van der Waals surface area contributed by atoms with Crippen LogP contribution in [0.4, 0.5) is 5.69 Å². The van der Waals surface area contributed by atoms with Gasteiger partial charge in [-0.1, -0.05) is 24.3 Å². The Hall–Kier alpha value is -2.36. The maximum atomic E-state index is 12.3. The Morgan fingerprint density at radius 2 is 2.19 bits per heavy atom. The summed E-state index contributed by atoms with van der Waals surface area (Å²) < 4.78 is 0. The summed E-state index contributed by atoms with van der Waals surface area (Å²) in [5.41, 5.74) is 4.37. The van der Waals surface area contributed by atoms with Gasteiger partial charge in [-0.25, -0.2) is 0 Å². The van der Waals surface area contributed by atoms with Crippen molar-refractivity contribution in [2.45, 2.75) is 19.9 Å². The van der Waals surface area contributed by atoms with Crippen LogP contribution < -0.4 is 10.6 Å². The van der Waals surface area contributed by atoms with E-state index in [0.717, 1.165) is 23.4 Å². The van der Waals surface area contributed by atoms with Crippen LogP contribution in [0.2, 0.25) is 0 Å². The third kappa shape index (κ3) is 3.05. The van der Waals surface area contributed by atoms with Gasteiger partial charge < -0.3 is 10.6 Å². The first-order chi connectivity index (χ1) is 10.2. The molecule has 1 aromatic carbocycles. The minimum atomic E-state index is -0.0241. The lowest BCUT2D eigenvalue weighted by Gasteiger charge is -2.25. The first-order valence-electron chi connectivity index (χ1n) is 7.24. The van der Waals surface area contributed by atoms with Crippen LogP contribution in [0, 0.1) is 12.8 Å². The highest BCUT2D eigenvalue weighted by Crippen LogP contribution is 2.24. The molecule has 4 nitrogen and oxygen atoms in total. The van der Waals surface area contributed by atoms with Crippen LogP contribution in [0.1, 0.15) is 16.8 Å². The van der Waals surface area contributed by atoms with Crippen molar-refractivity contribution >= 4 is 11.6 Å². The number of carbonyl (C=O) groups excluding carboxylic acids is 1. The van der Waals surface area contributed by atoms with Crippen LogP contribution in [0.3, 0.4) is 0 Å². The number of pyridine rings is 1. The van der Waals surface area contributed by atoms with Crippen molar-refractivity contribution < 1.29 is 4.79 Å². The molecule has 0 fully saturated rings. The number of rotatable bonds is 3. The first-order valence-corrected chi connectivity index (χ1v) is 7.24. The van der Waals surface area contributed by atoms with Crippen LogP contribution in [0.5, 0.6) is 0 Å². The Bertz CT molecular complexity index is 654. The lowest BCUT2D eigenvalue weighted by molar-refractivity contribution is -0.124. The van der Waals surface area contributed by atoms with Crippen molar-refractivity contribution in [3.8, 4) is 0 Å². The second kappa shape index (κ2) is 5.95. The fraction of sp³-hybridized carbons (Fsp3) is 0.294. The SMILES string of the molecule is Cc1cccnc1CNC(=O)C1CNc2ccccc2C1. The molecule has 0 saturated carbocycles. The Morgan fingerprint density at radius 3 is 3.05 bits per heavy atom. The van der Waals surface area contributed by atoms with E-state index >= 15 is 0 Å². The van der Waals surface area contributed by atoms with Crippen LogP contribution >= 0.6 is 0 Å². The summed E-state index contributed by atoms with van der Waals surface area (Å²) in [6.07, 6.45) is 2.54. The minimum absolute atomic E-state index is 0.0241. The van der Waals surface area contributed by atoms with Crippen molar-refractivity contribution in [2.24, 2.45) is 5.92 Å². The van der Waals surface area contributed by atoms with E-state index in [1.54, 1.807) is 6.20 Å². The predicted molar refractivity (Wildman–Crippen MR) is 82.9 cm³/mol. The quantitative estimate of drug-likeness (QED) is 0.907. The van der Waals surface area contributed by atoms with E-state index in [0.29, 0.717) is 13.1 Å². The highest BCUT2D eigenvalue weighted by Gasteiger charge is 2.24. The lowest BCUT2D eigenvalue weighted by Crippen LogP contribution is -2.38. The highest BCUT2D eigenvalue weighted by atomic mass is 16.1. The molecular formula is C17H19N3O. The molecule has 0 bridgehead atoms. The number of nitrogens with zero attached hydrogens (tertiary/aromatic N) is 1. The second-order valence-corrected chi connectivity index (χ2v) is 5.42. The first kappa shape index (κ1) is 13.6. The molecule has 3 rings (SSSR count). The van der Waals surface area contributed by atoms with Crippen molar-refractivity contribution in [2.75, 3.05) is 11.9 Å². The topological polar surface area (TPSA) is 54.0 Å². The van der Waals surface area contributed by atoms with E-state index in [9.17, 15) is 4.79 Å². The molecule has 1 aliphatic rings. The van der Waals surface area contributed by atoms with Gasteiger partial charge in [-0.2, -0.15) is 0 Å². The molecule has 2 N–H and O–H groups in total. The fourth-order valence-electron chi connectivity index (χ4n) is 2.65. The van der Waals surface area contributed by atoms with Crippen LogP contribution in [-0.2, 0) is 17.8 Å². The van der Waals surface area contributed by atoms with Crippen molar-refractivity contribution in [3.05, 3.63) is 59.4 Å². The zero-order chi connectivity index (χ0) is 14.7. The van der Waals surface area contributed by atoms with Gasteiger partial charge in [-0.15, -0.1) is 0 Å². The number of hydrogen-bond acceptors (Lipinski definition) is 3. The van der Waals surface area contributed by atoms with Crippen molar-refractivity contribution in [1.29, 1.82) is 0 Å². The van der Waals surface area contributed by atoms with Crippen molar-refractivity contribution in [1.82, 2.24) is 10.3 Å². The Balaban J connectivity index is 1.61. The summed E-state index contributed by atoms with van der Waals surface area (Å²) in [6, 6.07) is 12.1. The maximum absolute atomic E-state index is 12.3. The molecule has 1 aromatic heterocycles. The molecule has 108 valence electrons. The maximum Gasteiger partial charge on any atom is 0.225 e. The molecule has 21 heavy (non-hydrogen) atoms. The smallest absolute Gasteiger partial charge is 0.225 e. The van der Waals surface area contributed by atoms with Gasteiger partial charge in [0.1, 0.15) is 0 Å². The van der Waals surface area contributed by atoms with E-state index in [2.05, 4.69) is 27.8 Å². The average Bonchev–Trinajstić information content (AvgIpc) is 2.53. The van der Waals surface area contributed by atoms with Gasteiger partial charge in [0, 0.05) is 18.4 Å². The standard InChI is InChI=1S/C17H19N3O/c1-12-5-4-8-18-16(12)11-20-17(21)14-9-13-6-2-3-7-15(13)19-10-14/h2-8,14,19H,9-11H2,1H3,(H,20,21). The molecule has 0 saturated heterocycles. The fourth-order valence-corrected chi connectivity index (χ4v) is 2.65. The van der Waals surface area contributed by atoms with Gasteiger partial charge >= 0.3 is 0 Å². The highest BCUT2D eigenvalue weighted by molar-refractivity contribution is 5.80. The van der Waals surface area contributed by atoms with Gasteiger partial charge in [-0.3, -0.25) is 9.78 Å². The van der Waals surface area contributed by atoms with Gasteiger partial charge in [0.15, 0.2) is 0 Å².